The van der Waals surface area contributed by atoms with Gasteiger partial charge in [0, 0.05) is 30.0 Å². The Labute approximate surface area is 101 Å². The van der Waals surface area contributed by atoms with E-state index in [1.54, 1.807) is 4.90 Å². The Morgan fingerprint density at radius 1 is 0.824 bits per heavy atom. The Bertz CT molecular complexity index is 201. The minimum atomic E-state index is -5.17. The van der Waals surface area contributed by atoms with Gasteiger partial charge in [-0.2, -0.15) is 0 Å². The number of quaternary nitrogens is 2. The molecule has 110 valence electrons. The maximum Gasteiger partial charge on any atom is 0.0558 e. The molecule has 0 aromatic carbocycles. The second-order valence-electron chi connectivity index (χ2n) is 2.42. The Balaban J connectivity index is -0.000000105. The maximum atomic E-state index is 8.52. The number of aliphatic hydroxyl groups excluding tert-OH is 3. The summed E-state index contributed by atoms with van der Waals surface area (Å²) in [6, 6.07) is 0. The second kappa shape index (κ2) is 15.6. The highest BCUT2D eigenvalue weighted by molar-refractivity contribution is 7.79. The van der Waals surface area contributed by atoms with Gasteiger partial charge in [0.05, 0.1) is 19.8 Å². The van der Waals surface area contributed by atoms with Gasteiger partial charge >= 0.3 is 0 Å². The van der Waals surface area contributed by atoms with Gasteiger partial charge in [0.2, 0.25) is 0 Å². The summed E-state index contributed by atoms with van der Waals surface area (Å²) in [6.45, 7) is 1.75. The molecule has 0 heterocycles. The molecule has 11 N–H and O–H groups in total. The van der Waals surface area contributed by atoms with Gasteiger partial charge in [0.1, 0.15) is 0 Å². The Kier molecular flexibility index (Phi) is 23.4. The van der Waals surface area contributed by atoms with Crippen LogP contribution >= 0.6 is 0 Å². The van der Waals surface area contributed by atoms with Crippen molar-refractivity contribution in [3.05, 3.63) is 0 Å². The zero-order valence-corrected chi connectivity index (χ0v) is 10.9. The summed E-state index contributed by atoms with van der Waals surface area (Å²) in [5.74, 6) is 0. The lowest BCUT2D eigenvalue weighted by Gasteiger charge is -2.17. The van der Waals surface area contributed by atoms with Crippen molar-refractivity contribution in [3.63, 3.8) is 0 Å². The van der Waals surface area contributed by atoms with E-state index in [0.717, 1.165) is 0 Å². The Hall–Kier alpha value is -0.370. The summed E-state index contributed by atoms with van der Waals surface area (Å²) in [6.07, 6.45) is 0. The normalized spacial score (nSPS) is 9.76. The summed E-state index contributed by atoms with van der Waals surface area (Å²) < 4.78 is 34.1. The van der Waals surface area contributed by atoms with Crippen molar-refractivity contribution < 1.29 is 32.8 Å². The minimum Gasteiger partial charge on any atom is -0.759 e. The van der Waals surface area contributed by atoms with E-state index in [1.165, 1.54) is 0 Å². The third-order valence-corrected chi connectivity index (χ3v) is 1.25. The molecule has 0 rings (SSSR count). The van der Waals surface area contributed by atoms with E-state index in [0.29, 0.717) is 19.6 Å². The molecular weight excluding hydrogens is 258 g/mol. The van der Waals surface area contributed by atoms with Crippen molar-refractivity contribution in [3.8, 4) is 0 Å². The lowest BCUT2D eigenvalue weighted by molar-refractivity contribution is 0.136. The number of rotatable bonds is 6. The largest absolute Gasteiger partial charge is 0.759 e. The summed E-state index contributed by atoms with van der Waals surface area (Å²) in [4.78, 5) is 1.79. The Morgan fingerprint density at radius 3 is 1.12 bits per heavy atom. The topological polar surface area (TPSA) is 217 Å². The molecule has 0 aromatic rings. The molecule has 0 fully saturated rings. The molecule has 0 saturated heterocycles. The highest BCUT2D eigenvalue weighted by atomic mass is 32.3. The van der Waals surface area contributed by atoms with E-state index in [9.17, 15) is 0 Å². The van der Waals surface area contributed by atoms with Crippen molar-refractivity contribution in [2.24, 2.45) is 0 Å². The molecule has 0 atom stereocenters. The van der Waals surface area contributed by atoms with E-state index in [1.807, 2.05) is 0 Å². The molecule has 0 aliphatic heterocycles. The second-order valence-corrected chi connectivity index (χ2v) is 3.24. The third kappa shape index (κ3) is 39.0. The minimum absolute atomic E-state index is 0. The fourth-order valence-corrected chi connectivity index (χ4v) is 0.760. The van der Waals surface area contributed by atoms with Crippen molar-refractivity contribution >= 4 is 10.4 Å². The van der Waals surface area contributed by atoms with Gasteiger partial charge in [-0.1, -0.05) is 0 Å². The van der Waals surface area contributed by atoms with Crippen molar-refractivity contribution in [2.45, 2.75) is 0 Å². The van der Waals surface area contributed by atoms with Crippen LogP contribution < -0.4 is 12.3 Å². The predicted molar refractivity (Wildman–Crippen MR) is 60.1 cm³/mol. The van der Waals surface area contributed by atoms with Crippen LogP contribution in [0.5, 0.6) is 0 Å². The molecule has 10 nitrogen and oxygen atoms in total. The summed E-state index contributed by atoms with van der Waals surface area (Å²) in [5.41, 5.74) is 0. The molecular formula is C6H23N3O7S. The van der Waals surface area contributed by atoms with Crippen molar-refractivity contribution in [1.82, 2.24) is 17.2 Å². The van der Waals surface area contributed by atoms with E-state index in [2.05, 4.69) is 0 Å². The lowest BCUT2D eigenvalue weighted by Crippen LogP contribution is -2.32. The summed E-state index contributed by atoms with van der Waals surface area (Å²) in [7, 11) is -5.17. The van der Waals surface area contributed by atoms with Crippen LogP contribution in [0.3, 0.4) is 0 Å². The van der Waals surface area contributed by atoms with Crippen molar-refractivity contribution in [2.75, 3.05) is 39.5 Å². The SMILES string of the molecule is O=S(=O)([O-])[O-].OCCN(CCO)CCO.[NH4+].[NH4+]. The quantitative estimate of drug-likeness (QED) is 0.262. The molecule has 0 saturated carbocycles. The van der Waals surface area contributed by atoms with Crippen LogP contribution in [0, 0.1) is 0 Å². The van der Waals surface area contributed by atoms with Crippen molar-refractivity contribution in [1.29, 1.82) is 0 Å². The molecule has 0 radical (unpaired) electrons. The van der Waals surface area contributed by atoms with Gasteiger partial charge in [-0.05, 0) is 0 Å². The standard InChI is InChI=1S/C6H15NO3.2H3N.H2O4S/c8-4-1-7(2-5-9)3-6-10;;;1-5(2,3)4/h8-10H,1-6H2;2*1H3;(H2,1,2,3,4). The van der Waals surface area contributed by atoms with Gasteiger partial charge in [-0.15, -0.1) is 0 Å². The van der Waals surface area contributed by atoms with Gasteiger partial charge in [0.15, 0.2) is 0 Å². The molecule has 0 spiro atoms. The average Bonchev–Trinajstić information content (AvgIpc) is 2.02. The number of nitrogens with zero attached hydrogens (tertiary/aromatic N) is 1. The monoisotopic (exact) mass is 281 g/mol. The van der Waals surface area contributed by atoms with E-state index in [4.69, 9.17) is 32.8 Å². The Morgan fingerprint density at radius 2 is 1.00 bits per heavy atom. The first-order chi connectivity index (χ1) is 6.85. The fraction of sp³-hybridized carbons (Fsp3) is 1.00. The van der Waals surface area contributed by atoms with E-state index in [-0.39, 0.29) is 32.1 Å². The van der Waals surface area contributed by atoms with Crippen LogP contribution in [0.4, 0.5) is 0 Å². The molecule has 11 heteroatoms. The number of aliphatic hydroxyl groups is 3. The molecule has 0 unspecified atom stereocenters. The third-order valence-electron chi connectivity index (χ3n) is 1.25. The van der Waals surface area contributed by atoms with Gasteiger partial charge < -0.3 is 36.7 Å². The first-order valence-corrected chi connectivity index (χ1v) is 5.40. The summed E-state index contributed by atoms with van der Waals surface area (Å²) >= 11 is 0. The molecule has 0 aliphatic carbocycles. The zero-order chi connectivity index (χ0) is 12.3. The van der Waals surface area contributed by atoms with E-state index >= 15 is 0 Å². The maximum absolute atomic E-state index is 8.52. The first-order valence-electron chi connectivity index (χ1n) is 4.06. The van der Waals surface area contributed by atoms with Gasteiger partial charge in [0.25, 0.3) is 0 Å². The highest BCUT2D eigenvalue weighted by Gasteiger charge is 2.00. The zero-order valence-electron chi connectivity index (χ0n) is 10.1. The fourth-order valence-electron chi connectivity index (χ4n) is 0.760. The van der Waals surface area contributed by atoms with Crippen LogP contribution in [0.2, 0.25) is 0 Å². The summed E-state index contributed by atoms with van der Waals surface area (Å²) in [5, 5.41) is 25.5. The van der Waals surface area contributed by atoms with Gasteiger partial charge in [-0.25, -0.2) is 0 Å². The molecule has 0 aromatic heterocycles. The number of hydrogen-bond donors (Lipinski definition) is 5. The van der Waals surface area contributed by atoms with Crippen LogP contribution in [-0.2, 0) is 10.4 Å². The smallest absolute Gasteiger partial charge is 0.0558 e. The van der Waals surface area contributed by atoms with Crippen LogP contribution in [0.25, 0.3) is 0 Å². The van der Waals surface area contributed by atoms with Crippen LogP contribution in [0.15, 0.2) is 0 Å². The molecule has 17 heavy (non-hydrogen) atoms. The lowest BCUT2D eigenvalue weighted by atomic mass is 10.4. The molecule has 0 bridgehead atoms. The predicted octanol–water partition coefficient (Wildman–Crippen LogP) is -2.32. The average molecular weight is 281 g/mol. The number of hydrogen-bond acceptors (Lipinski definition) is 8. The first kappa shape index (κ1) is 25.5. The molecule has 0 aliphatic rings. The van der Waals surface area contributed by atoms with Crippen LogP contribution in [0.1, 0.15) is 0 Å². The van der Waals surface area contributed by atoms with Crippen LogP contribution in [-0.4, -0.2) is 77.2 Å². The van der Waals surface area contributed by atoms with E-state index < -0.39 is 10.4 Å². The highest BCUT2D eigenvalue weighted by Crippen LogP contribution is 1.84. The molecule has 0 amide bonds. The van der Waals surface area contributed by atoms with Gasteiger partial charge in [-0.3, -0.25) is 13.3 Å².